The van der Waals surface area contributed by atoms with Crippen molar-refractivity contribution in [3.8, 4) is 6.07 Å². The van der Waals surface area contributed by atoms with Crippen LogP contribution >= 0.6 is 0 Å². The molecule has 0 aliphatic carbocycles. The highest BCUT2D eigenvalue weighted by Gasteiger charge is 2.11. The molecule has 0 unspecified atom stereocenters. The summed E-state index contributed by atoms with van der Waals surface area (Å²) in [5, 5.41) is 8.48. The van der Waals surface area contributed by atoms with Gasteiger partial charge in [-0.1, -0.05) is 0 Å². The maximum absolute atomic E-state index is 12.1. The van der Waals surface area contributed by atoms with Gasteiger partial charge in [0.05, 0.1) is 5.69 Å². The summed E-state index contributed by atoms with van der Waals surface area (Å²) in [6, 6.07) is 2.45. The number of halogens is 2. The fourth-order valence-electron chi connectivity index (χ4n) is 0.876. The number of nitriles is 1. The van der Waals surface area contributed by atoms with E-state index in [1.54, 1.807) is 6.07 Å². The second-order valence-corrected chi connectivity index (χ2v) is 2.50. The van der Waals surface area contributed by atoms with Crippen molar-refractivity contribution in [1.82, 2.24) is 4.98 Å². The van der Waals surface area contributed by atoms with Gasteiger partial charge in [0.15, 0.2) is 5.43 Å². The Hall–Kier alpha value is -1.70. The molecule has 0 amide bonds. The van der Waals surface area contributed by atoms with Crippen LogP contribution in [0.2, 0.25) is 0 Å². The van der Waals surface area contributed by atoms with Gasteiger partial charge in [-0.2, -0.15) is 5.26 Å². The molecule has 0 atom stereocenters. The van der Waals surface area contributed by atoms with Gasteiger partial charge in [0, 0.05) is 11.6 Å². The molecule has 0 bridgehead atoms. The first-order chi connectivity index (χ1) is 6.06. The van der Waals surface area contributed by atoms with Crippen molar-refractivity contribution in [3.63, 3.8) is 0 Å². The van der Waals surface area contributed by atoms with Crippen molar-refractivity contribution in [3.05, 3.63) is 33.2 Å². The third kappa shape index (κ3) is 1.72. The monoisotopic (exact) mass is 184 g/mol. The number of H-pyrrole nitrogens is 1. The van der Waals surface area contributed by atoms with Gasteiger partial charge in [-0.05, 0) is 6.92 Å². The highest BCUT2D eigenvalue weighted by atomic mass is 19.3. The Morgan fingerprint density at radius 1 is 1.62 bits per heavy atom. The summed E-state index contributed by atoms with van der Waals surface area (Å²) in [6.45, 7) is 1.41. The SMILES string of the molecule is Cc1c(C#N)[nH]c(C(F)F)cc1=O. The molecule has 68 valence electrons. The molecule has 1 aromatic rings. The summed E-state index contributed by atoms with van der Waals surface area (Å²) >= 11 is 0. The Balaban J connectivity index is 3.42. The van der Waals surface area contributed by atoms with E-state index in [0.717, 1.165) is 6.07 Å². The molecular weight excluding hydrogens is 178 g/mol. The lowest BCUT2D eigenvalue weighted by molar-refractivity contribution is 0.146. The summed E-state index contributed by atoms with van der Waals surface area (Å²) < 4.78 is 24.2. The molecule has 1 heterocycles. The molecule has 0 radical (unpaired) electrons. The number of pyridine rings is 1. The highest BCUT2D eigenvalue weighted by molar-refractivity contribution is 5.31. The number of hydrogen-bond acceptors (Lipinski definition) is 2. The minimum Gasteiger partial charge on any atom is -0.345 e. The van der Waals surface area contributed by atoms with Crippen molar-refractivity contribution >= 4 is 0 Å². The summed E-state index contributed by atoms with van der Waals surface area (Å²) in [5.74, 6) is 0. The number of rotatable bonds is 1. The Morgan fingerprint density at radius 2 is 2.23 bits per heavy atom. The molecule has 3 nitrogen and oxygen atoms in total. The zero-order chi connectivity index (χ0) is 10.0. The first-order valence-electron chi connectivity index (χ1n) is 3.48. The predicted octanol–water partition coefficient (Wildman–Crippen LogP) is 1.49. The lowest BCUT2D eigenvalue weighted by atomic mass is 10.2. The fraction of sp³-hybridized carbons (Fsp3) is 0.250. The standard InChI is InChI=1S/C8H6F2N2O/c1-4-6(3-11)12-5(8(9)10)2-7(4)13/h2,8H,1H3,(H,12,13). The molecule has 1 N–H and O–H groups in total. The van der Waals surface area contributed by atoms with Gasteiger partial charge in [0.25, 0.3) is 6.43 Å². The first-order valence-corrected chi connectivity index (χ1v) is 3.48. The van der Waals surface area contributed by atoms with Crippen LogP contribution in [0, 0.1) is 18.3 Å². The molecule has 0 spiro atoms. The maximum atomic E-state index is 12.1. The van der Waals surface area contributed by atoms with Gasteiger partial charge < -0.3 is 4.98 Å². The maximum Gasteiger partial charge on any atom is 0.278 e. The number of nitrogens with one attached hydrogen (secondary N) is 1. The number of alkyl halides is 2. The summed E-state index contributed by atoms with van der Waals surface area (Å²) in [7, 11) is 0. The lowest BCUT2D eigenvalue weighted by Gasteiger charge is -2.01. The predicted molar refractivity (Wildman–Crippen MR) is 41.5 cm³/mol. The second-order valence-electron chi connectivity index (χ2n) is 2.50. The number of aromatic amines is 1. The van der Waals surface area contributed by atoms with Crippen LogP contribution in [-0.2, 0) is 0 Å². The number of nitrogens with zero attached hydrogens (tertiary/aromatic N) is 1. The minimum absolute atomic E-state index is 0.109. The van der Waals surface area contributed by atoms with E-state index in [1.807, 2.05) is 0 Å². The fourth-order valence-corrected chi connectivity index (χ4v) is 0.876. The van der Waals surface area contributed by atoms with E-state index in [1.165, 1.54) is 6.92 Å². The van der Waals surface area contributed by atoms with Crippen LogP contribution in [0.3, 0.4) is 0 Å². The largest absolute Gasteiger partial charge is 0.345 e. The Labute approximate surface area is 72.6 Å². The van der Waals surface area contributed by atoms with E-state index < -0.39 is 17.5 Å². The normalized spacial score (nSPS) is 10.1. The third-order valence-electron chi connectivity index (χ3n) is 1.65. The molecule has 13 heavy (non-hydrogen) atoms. The van der Waals surface area contributed by atoms with Gasteiger partial charge >= 0.3 is 0 Å². The van der Waals surface area contributed by atoms with Crippen molar-refractivity contribution in [2.75, 3.05) is 0 Å². The van der Waals surface area contributed by atoms with Crippen LogP contribution in [0.25, 0.3) is 0 Å². The topological polar surface area (TPSA) is 56.6 Å². The van der Waals surface area contributed by atoms with Crippen LogP contribution in [0.5, 0.6) is 0 Å². The molecule has 0 aliphatic heterocycles. The van der Waals surface area contributed by atoms with E-state index in [9.17, 15) is 13.6 Å². The Bertz CT molecular complexity index is 417. The zero-order valence-corrected chi connectivity index (χ0v) is 6.77. The Kier molecular flexibility index (Phi) is 2.42. The van der Waals surface area contributed by atoms with Gasteiger partial charge in [-0.15, -0.1) is 0 Å². The molecule has 0 saturated carbocycles. The summed E-state index contributed by atoms with van der Waals surface area (Å²) in [6.07, 6.45) is -2.76. The van der Waals surface area contributed by atoms with E-state index >= 15 is 0 Å². The van der Waals surface area contributed by atoms with Crippen LogP contribution in [0.15, 0.2) is 10.9 Å². The molecule has 1 aromatic heterocycles. The molecule has 0 aromatic carbocycles. The van der Waals surface area contributed by atoms with Crippen LogP contribution in [0.1, 0.15) is 23.4 Å². The highest BCUT2D eigenvalue weighted by Crippen LogP contribution is 2.15. The van der Waals surface area contributed by atoms with Crippen molar-refractivity contribution in [2.24, 2.45) is 0 Å². The first kappa shape index (κ1) is 9.39. The molecule has 0 saturated heterocycles. The Morgan fingerprint density at radius 3 is 2.69 bits per heavy atom. The van der Waals surface area contributed by atoms with Crippen molar-refractivity contribution < 1.29 is 8.78 Å². The minimum atomic E-state index is -2.76. The number of aromatic nitrogens is 1. The lowest BCUT2D eigenvalue weighted by Crippen LogP contribution is -2.11. The van der Waals surface area contributed by atoms with Crippen LogP contribution in [-0.4, -0.2) is 4.98 Å². The van der Waals surface area contributed by atoms with Gasteiger partial charge in [0.1, 0.15) is 11.8 Å². The van der Waals surface area contributed by atoms with Crippen molar-refractivity contribution in [1.29, 1.82) is 5.26 Å². The summed E-state index contributed by atoms with van der Waals surface area (Å²) in [4.78, 5) is 13.2. The molecule has 0 fully saturated rings. The average molecular weight is 184 g/mol. The van der Waals surface area contributed by atoms with Crippen LogP contribution < -0.4 is 5.43 Å². The molecular formula is C8H6F2N2O. The quantitative estimate of drug-likeness (QED) is 0.718. The second kappa shape index (κ2) is 3.35. The van der Waals surface area contributed by atoms with Crippen LogP contribution in [0.4, 0.5) is 8.78 Å². The summed E-state index contributed by atoms with van der Waals surface area (Å²) in [5.41, 5.74) is -1.02. The zero-order valence-electron chi connectivity index (χ0n) is 6.77. The van der Waals surface area contributed by atoms with Crippen molar-refractivity contribution in [2.45, 2.75) is 13.3 Å². The molecule has 0 aliphatic rings. The smallest absolute Gasteiger partial charge is 0.278 e. The average Bonchev–Trinajstić information content (AvgIpc) is 2.09. The van der Waals surface area contributed by atoms with Gasteiger partial charge in [0.2, 0.25) is 0 Å². The van der Waals surface area contributed by atoms with E-state index in [4.69, 9.17) is 5.26 Å². The van der Waals surface area contributed by atoms with Gasteiger partial charge in [-0.3, -0.25) is 4.79 Å². The van der Waals surface area contributed by atoms with E-state index in [-0.39, 0.29) is 11.3 Å². The van der Waals surface area contributed by atoms with Gasteiger partial charge in [-0.25, -0.2) is 8.78 Å². The molecule has 5 heteroatoms. The van der Waals surface area contributed by atoms with E-state index in [0.29, 0.717) is 0 Å². The third-order valence-corrected chi connectivity index (χ3v) is 1.65. The molecule has 1 rings (SSSR count). The number of hydrogen-bond donors (Lipinski definition) is 1. The van der Waals surface area contributed by atoms with E-state index in [2.05, 4.69) is 4.98 Å².